The standard InChI is InChI=1S/C17H20ClN3O2/c1-12-16(23-13(2)19-12)11-17(22)21-8-6-20(7-9-21)15-5-3-4-14(18)10-15/h3-5,10H,6-9,11H2,1-2H3. The number of oxazole rings is 1. The van der Waals surface area contributed by atoms with Crippen LogP contribution in [0.2, 0.25) is 5.02 Å². The molecule has 2 aromatic rings. The first-order valence-corrected chi connectivity index (χ1v) is 8.12. The van der Waals surface area contributed by atoms with Crippen molar-refractivity contribution < 1.29 is 9.21 Å². The predicted molar refractivity (Wildman–Crippen MR) is 89.9 cm³/mol. The lowest BCUT2D eigenvalue weighted by atomic mass is 10.2. The molecule has 0 aliphatic carbocycles. The van der Waals surface area contributed by atoms with Gasteiger partial charge in [-0.1, -0.05) is 17.7 Å². The second-order valence-corrected chi connectivity index (χ2v) is 6.20. The largest absolute Gasteiger partial charge is 0.445 e. The highest BCUT2D eigenvalue weighted by Crippen LogP contribution is 2.21. The maximum atomic E-state index is 12.4. The van der Waals surface area contributed by atoms with Gasteiger partial charge in [0.1, 0.15) is 5.76 Å². The zero-order chi connectivity index (χ0) is 16.4. The molecule has 122 valence electrons. The van der Waals surface area contributed by atoms with Crippen LogP contribution < -0.4 is 4.90 Å². The first-order valence-electron chi connectivity index (χ1n) is 7.74. The summed E-state index contributed by atoms with van der Waals surface area (Å²) >= 11 is 6.04. The van der Waals surface area contributed by atoms with E-state index in [0.717, 1.165) is 29.5 Å². The first-order chi connectivity index (χ1) is 11.0. The summed E-state index contributed by atoms with van der Waals surface area (Å²) in [5, 5.41) is 0.733. The smallest absolute Gasteiger partial charge is 0.230 e. The van der Waals surface area contributed by atoms with Crippen molar-refractivity contribution in [2.24, 2.45) is 0 Å². The molecule has 0 N–H and O–H groups in total. The van der Waals surface area contributed by atoms with E-state index in [2.05, 4.69) is 9.88 Å². The number of amides is 1. The number of carbonyl (C=O) groups excluding carboxylic acids is 1. The topological polar surface area (TPSA) is 49.6 Å². The number of halogens is 1. The quantitative estimate of drug-likeness (QED) is 0.866. The van der Waals surface area contributed by atoms with Gasteiger partial charge in [0.2, 0.25) is 5.91 Å². The third-order valence-corrected chi connectivity index (χ3v) is 4.35. The minimum Gasteiger partial charge on any atom is -0.445 e. The summed E-state index contributed by atoms with van der Waals surface area (Å²) in [6.45, 7) is 6.69. The molecule has 3 rings (SSSR count). The fraction of sp³-hybridized carbons (Fsp3) is 0.412. The lowest BCUT2D eigenvalue weighted by molar-refractivity contribution is -0.131. The van der Waals surface area contributed by atoms with Gasteiger partial charge in [-0.25, -0.2) is 4.98 Å². The zero-order valence-corrected chi connectivity index (χ0v) is 14.1. The van der Waals surface area contributed by atoms with E-state index in [1.807, 2.05) is 36.1 Å². The van der Waals surface area contributed by atoms with Crippen LogP contribution in [0.5, 0.6) is 0 Å². The molecule has 0 bridgehead atoms. The van der Waals surface area contributed by atoms with Crippen LogP contribution >= 0.6 is 11.6 Å². The van der Waals surface area contributed by atoms with E-state index < -0.39 is 0 Å². The molecular formula is C17H20ClN3O2. The second-order valence-electron chi connectivity index (χ2n) is 5.77. The molecule has 0 unspecified atom stereocenters. The third kappa shape index (κ3) is 3.67. The molecule has 2 heterocycles. The fourth-order valence-corrected chi connectivity index (χ4v) is 3.06. The van der Waals surface area contributed by atoms with E-state index in [4.69, 9.17) is 16.0 Å². The summed E-state index contributed by atoms with van der Waals surface area (Å²) < 4.78 is 5.50. The lowest BCUT2D eigenvalue weighted by Crippen LogP contribution is -2.49. The van der Waals surface area contributed by atoms with Gasteiger partial charge in [-0.2, -0.15) is 0 Å². The third-order valence-electron chi connectivity index (χ3n) is 4.12. The molecule has 0 atom stereocenters. The Balaban J connectivity index is 1.58. The highest BCUT2D eigenvalue weighted by molar-refractivity contribution is 6.30. The molecule has 1 aromatic heterocycles. The van der Waals surface area contributed by atoms with Gasteiger partial charge in [0.05, 0.1) is 12.1 Å². The van der Waals surface area contributed by atoms with Gasteiger partial charge in [-0.15, -0.1) is 0 Å². The molecule has 1 saturated heterocycles. The Kier molecular flexibility index (Phi) is 4.57. The van der Waals surface area contributed by atoms with Crippen molar-refractivity contribution in [2.45, 2.75) is 20.3 Å². The van der Waals surface area contributed by atoms with Gasteiger partial charge >= 0.3 is 0 Å². The summed E-state index contributed by atoms with van der Waals surface area (Å²) in [6.07, 6.45) is 0.282. The van der Waals surface area contributed by atoms with Crippen LogP contribution in [0.25, 0.3) is 0 Å². The number of aromatic nitrogens is 1. The number of benzene rings is 1. The monoisotopic (exact) mass is 333 g/mol. The van der Waals surface area contributed by atoms with Gasteiger partial charge in [-0.3, -0.25) is 4.79 Å². The molecule has 1 aromatic carbocycles. The van der Waals surface area contributed by atoms with E-state index in [-0.39, 0.29) is 12.3 Å². The lowest BCUT2D eigenvalue weighted by Gasteiger charge is -2.36. The molecule has 0 saturated carbocycles. The van der Waals surface area contributed by atoms with E-state index in [1.165, 1.54) is 0 Å². The minimum atomic E-state index is 0.0926. The van der Waals surface area contributed by atoms with Gasteiger partial charge in [-0.05, 0) is 25.1 Å². The van der Waals surface area contributed by atoms with Crippen LogP contribution in [-0.4, -0.2) is 42.0 Å². The molecule has 1 amide bonds. The van der Waals surface area contributed by atoms with Crippen LogP contribution in [0.1, 0.15) is 17.3 Å². The number of nitrogens with zero attached hydrogens (tertiary/aromatic N) is 3. The molecule has 6 heteroatoms. The average Bonchev–Trinajstić information content (AvgIpc) is 2.85. The van der Waals surface area contributed by atoms with Crippen LogP contribution in [-0.2, 0) is 11.2 Å². The Morgan fingerprint density at radius 1 is 1.26 bits per heavy atom. The first kappa shape index (κ1) is 15.9. The Bertz CT molecular complexity index is 706. The number of aryl methyl sites for hydroxylation is 2. The molecule has 5 nitrogen and oxygen atoms in total. The van der Waals surface area contributed by atoms with Crippen LogP contribution in [0.4, 0.5) is 5.69 Å². The van der Waals surface area contributed by atoms with E-state index in [9.17, 15) is 4.79 Å². The normalized spacial score (nSPS) is 15.1. The molecule has 0 radical (unpaired) electrons. The summed E-state index contributed by atoms with van der Waals surface area (Å²) in [6, 6.07) is 7.82. The number of rotatable bonds is 3. The summed E-state index contributed by atoms with van der Waals surface area (Å²) in [5.41, 5.74) is 1.90. The van der Waals surface area contributed by atoms with E-state index in [0.29, 0.717) is 24.7 Å². The molecule has 23 heavy (non-hydrogen) atoms. The summed E-state index contributed by atoms with van der Waals surface area (Å²) in [4.78, 5) is 20.8. The maximum Gasteiger partial charge on any atom is 0.230 e. The van der Waals surface area contributed by atoms with Crippen molar-refractivity contribution in [3.8, 4) is 0 Å². The Morgan fingerprint density at radius 2 is 2.00 bits per heavy atom. The van der Waals surface area contributed by atoms with Crippen LogP contribution in [0.15, 0.2) is 28.7 Å². The number of anilines is 1. The van der Waals surface area contributed by atoms with Crippen LogP contribution in [0, 0.1) is 13.8 Å². The van der Waals surface area contributed by atoms with Crippen LogP contribution in [0.3, 0.4) is 0 Å². The molecule has 1 fully saturated rings. The second kappa shape index (κ2) is 6.62. The molecule has 1 aliphatic heterocycles. The fourth-order valence-electron chi connectivity index (χ4n) is 2.87. The highest BCUT2D eigenvalue weighted by Gasteiger charge is 2.23. The Hall–Kier alpha value is -2.01. The van der Waals surface area contributed by atoms with Crippen molar-refractivity contribution in [1.82, 2.24) is 9.88 Å². The number of hydrogen-bond acceptors (Lipinski definition) is 4. The molecule has 1 aliphatic rings. The summed E-state index contributed by atoms with van der Waals surface area (Å²) in [5.74, 6) is 1.37. The van der Waals surface area contributed by atoms with Gasteiger partial charge < -0.3 is 14.2 Å². The average molecular weight is 334 g/mol. The van der Waals surface area contributed by atoms with Gasteiger partial charge in [0.15, 0.2) is 5.89 Å². The summed E-state index contributed by atoms with van der Waals surface area (Å²) in [7, 11) is 0. The molecular weight excluding hydrogens is 314 g/mol. The molecule has 0 spiro atoms. The highest BCUT2D eigenvalue weighted by atomic mass is 35.5. The van der Waals surface area contributed by atoms with Crippen molar-refractivity contribution in [1.29, 1.82) is 0 Å². The number of piperazine rings is 1. The van der Waals surface area contributed by atoms with E-state index >= 15 is 0 Å². The van der Waals surface area contributed by atoms with Gasteiger partial charge in [0.25, 0.3) is 0 Å². The van der Waals surface area contributed by atoms with Crippen molar-refractivity contribution >= 4 is 23.2 Å². The number of carbonyl (C=O) groups is 1. The van der Waals surface area contributed by atoms with Crippen molar-refractivity contribution in [2.75, 3.05) is 31.1 Å². The zero-order valence-electron chi connectivity index (χ0n) is 13.4. The Morgan fingerprint density at radius 3 is 2.61 bits per heavy atom. The van der Waals surface area contributed by atoms with Crippen molar-refractivity contribution in [3.05, 3.63) is 46.6 Å². The maximum absolute atomic E-state index is 12.4. The number of hydrogen-bond donors (Lipinski definition) is 0. The van der Waals surface area contributed by atoms with Gasteiger partial charge in [0, 0.05) is 43.8 Å². The van der Waals surface area contributed by atoms with Crippen molar-refractivity contribution in [3.63, 3.8) is 0 Å². The predicted octanol–water partition coefficient (Wildman–Crippen LogP) is 2.84. The minimum absolute atomic E-state index is 0.0926. The SMILES string of the molecule is Cc1nc(C)c(CC(=O)N2CCN(c3cccc(Cl)c3)CC2)o1. The van der Waals surface area contributed by atoms with E-state index in [1.54, 1.807) is 6.92 Å². The Labute approximate surface area is 140 Å².